The average molecular weight is 183 g/mol. The lowest BCUT2D eigenvalue weighted by atomic mass is 10.1. The second-order valence-corrected chi connectivity index (χ2v) is 2.66. The van der Waals surface area contributed by atoms with Crippen LogP contribution in [0.15, 0.2) is 23.5 Å². The van der Waals surface area contributed by atoms with Gasteiger partial charge in [-0.2, -0.15) is 0 Å². The molecule has 5 heteroatoms. The summed E-state index contributed by atoms with van der Waals surface area (Å²) in [7, 11) is 0. The first-order chi connectivity index (χ1) is 6.02. The quantitative estimate of drug-likeness (QED) is 0.641. The van der Waals surface area contributed by atoms with Gasteiger partial charge >= 0.3 is 12.1 Å². The number of carboxylic acid groups (broad SMARTS) is 2. The zero-order valence-electron chi connectivity index (χ0n) is 7.02. The van der Waals surface area contributed by atoms with Crippen molar-refractivity contribution in [3.63, 3.8) is 0 Å². The molecule has 0 aromatic carbocycles. The summed E-state index contributed by atoms with van der Waals surface area (Å²) in [6.07, 6.45) is 1.79. The summed E-state index contributed by atoms with van der Waals surface area (Å²) < 4.78 is 0. The normalized spacial score (nSPS) is 16.2. The third kappa shape index (κ3) is 1.87. The molecule has 0 atom stereocenters. The van der Waals surface area contributed by atoms with Crippen molar-refractivity contribution in [3.8, 4) is 0 Å². The largest absolute Gasteiger partial charge is 0.478 e. The average Bonchev–Trinajstić information content (AvgIpc) is 2.04. The number of carboxylic acids is 1. The molecule has 1 aliphatic heterocycles. The highest BCUT2D eigenvalue weighted by Gasteiger charge is 2.19. The van der Waals surface area contributed by atoms with Gasteiger partial charge in [0.25, 0.3) is 0 Å². The van der Waals surface area contributed by atoms with Gasteiger partial charge in [-0.3, -0.25) is 4.90 Å². The van der Waals surface area contributed by atoms with Gasteiger partial charge in [0.1, 0.15) is 0 Å². The molecule has 2 N–H and O–H groups in total. The molecular weight excluding hydrogens is 174 g/mol. The molecule has 0 radical (unpaired) electrons. The van der Waals surface area contributed by atoms with Crippen LogP contribution in [0.2, 0.25) is 0 Å². The van der Waals surface area contributed by atoms with E-state index < -0.39 is 12.1 Å². The molecule has 1 rings (SSSR count). The summed E-state index contributed by atoms with van der Waals surface area (Å²) in [5.74, 6) is -1.09. The lowest BCUT2D eigenvalue weighted by Gasteiger charge is -2.19. The zero-order valence-corrected chi connectivity index (χ0v) is 7.02. The van der Waals surface area contributed by atoms with Crippen molar-refractivity contribution in [2.75, 3.05) is 0 Å². The Balaban J connectivity index is 2.93. The van der Waals surface area contributed by atoms with Gasteiger partial charge < -0.3 is 10.2 Å². The third-order valence-electron chi connectivity index (χ3n) is 1.76. The van der Waals surface area contributed by atoms with Crippen LogP contribution in [0.25, 0.3) is 0 Å². The summed E-state index contributed by atoms with van der Waals surface area (Å²) in [6.45, 7) is 1.61. The van der Waals surface area contributed by atoms with Gasteiger partial charge in [-0.25, -0.2) is 9.59 Å². The molecule has 0 fully saturated rings. The molecule has 70 valence electrons. The minimum atomic E-state index is -1.17. The number of nitrogens with zero attached hydrogens (tertiary/aromatic N) is 1. The SMILES string of the molecule is CC1=CCC(C(=O)O)=CN1C(=O)O. The van der Waals surface area contributed by atoms with E-state index in [0.29, 0.717) is 5.70 Å². The number of hydrogen-bond acceptors (Lipinski definition) is 2. The van der Waals surface area contributed by atoms with Crippen LogP contribution in [0.5, 0.6) is 0 Å². The highest BCUT2D eigenvalue weighted by atomic mass is 16.4. The van der Waals surface area contributed by atoms with Gasteiger partial charge in [-0.1, -0.05) is 6.08 Å². The van der Waals surface area contributed by atoms with Crippen molar-refractivity contribution in [1.29, 1.82) is 0 Å². The van der Waals surface area contributed by atoms with E-state index in [9.17, 15) is 9.59 Å². The third-order valence-corrected chi connectivity index (χ3v) is 1.76. The van der Waals surface area contributed by atoms with Crippen LogP contribution in [0.3, 0.4) is 0 Å². The Hall–Kier alpha value is -1.78. The molecule has 0 unspecified atom stereocenters. The van der Waals surface area contributed by atoms with Gasteiger partial charge in [0.15, 0.2) is 0 Å². The van der Waals surface area contributed by atoms with Crippen LogP contribution in [0.4, 0.5) is 4.79 Å². The Morgan fingerprint density at radius 3 is 2.54 bits per heavy atom. The molecule has 13 heavy (non-hydrogen) atoms. The van der Waals surface area contributed by atoms with E-state index in [1.165, 1.54) is 0 Å². The maximum Gasteiger partial charge on any atom is 0.415 e. The van der Waals surface area contributed by atoms with E-state index in [0.717, 1.165) is 11.1 Å². The molecular formula is C8H9NO4. The molecule has 1 aliphatic rings. The van der Waals surface area contributed by atoms with Crippen molar-refractivity contribution < 1.29 is 19.8 Å². The Labute approximate surface area is 74.6 Å². The molecule has 0 aromatic rings. The maximum absolute atomic E-state index is 10.6. The number of amides is 1. The number of allylic oxidation sites excluding steroid dienone is 2. The first-order valence-electron chi connectivity index (χ1n) is 3.65. The highest BCUT2D eigenvalue weighted by Crippen LogP contribution is 2.17. The fourth-order valence-corrected chi connectivity index (χ4v) is 1.01. The minimum Gasteiger partial charge on any atom is -0.478 e. The topological polar surface area (TPSA) is 77.8 Å². The smallest absolute Gasteiger partial charge is 0.415 e. The van der Waals surface area contributed by atoms with E-state index in [2.05, 4.69) is 0 Å². The Kier molecular flexibility index (Phi) is 2.36. The summed E-state index contributed by atoms with van der Waals surface area (Å²) in [6, 6.07) is 0. The maximum atomic E-state index is 10.6. The lowest BCUT2D eigenvalue weighted by Crippen LogP contribution is -2.25. The van der Waals surface area contributed by atoms with E-state index in [-0.39, 0.29) is 12.0 Å². The lowest BCUT2D eigenvalue weighted by molar-refractivity contribution is -0.132. The van der Waals surface area contributed by atoms with Crippen LogP contribution >= 0.6 is 0 Å². The second kappa shape index (κ2) is 3.30. The molecule has 0 aromatic heterocycles. The molecule has 5 nitrogen and oxygen atoms in total. The Morgan fingerprint density at radius 1 is 1.46 bits per heavy atom. The van der Waals surface area contributed by atoms with Crippen LogP contribution < -0.4 is 0 Å². The molecule has 0 spiro atoms. The molecule has 0 saturated carbocycles. The van der Waals surface area contributed by atoms with Gasteiger partial charge in [0.2, 0.25) is 0 Å². The summed E-state index contributed by atoms with van der Waals surface area (Å²) in [4.78, 5) is 22.0. The Morgan fingerprint density at radius 2 is 2.08 bits per heavy atom. The van der Waals surface area contributed by atoms with Crippen LogP contribution in [0, 0.1) is 0 Å². The number of rotatable bonds is 1. The summed E-state index contributed by atoms with van der Waals surface area (Å²) in [5, 5.41) is 17.3. The number of carbonyl (C=O) groups is 2. The fourth-order valence-electron chi connectivity index (χ4n) is 1.01. The van der Waals surface area contributed by atoms with Crippen LogP contribution in [0.1, 0.15) is 13.3 Å². The van der Waals surface area contributed by atoms with Gasteiger partial charge in [0, 0.05) is 18.3 Å². The fraction of sp³-hybridized carbons (Fsp3) is 0.250. The van der Waals surface area contributed by atoms with E-state index >= 15 is 0 Å². The molecule has 0 bridgehead atoms. The molecule has 0 aliphatic carbocycles. The van der Waals surface area contributed by atoms with Crippen molar-refractivity contribution in [1.82, 2.24) is 4.90 Å². The predicted molar refractivity (Wildman–Crippen MR) is 44.0 cm³/mol. The van der Waals surface area contributed by atoms with Crippen molar-refractivity contribution in [2.45, 2.75) is 13.3 Å². The highest BCUT2D eigenvalue weighted by molar-refractivity contribution is 5.88. The number of aliphatic carboxylic acids is 1. The predicted octanol–water partition coefficient (Wildman–Crippen LogP) is 1.24. The van der Waals surface area contributed by atoms with E-state index in [4.69, 9.17) is 10.2 Å². The van der Waals surface area contributed by atoms with Gasteiger partial charge in [-0.15, -0.1) is 0 Å². The monoisotopic (exact) mass is 183 g/mol. The first-order valence-corrected chi connectivity index (χ1v) is 3.65. The van der Waals surface area contributed by atoms with Gasteiger partial charge in [-0.05, 0) is 6.92 Å². The van der Waals surface area contributed by atoms with Crippen molar-refractivity contribution in [2.24, 2.45) is 0 Å². The number of hydrogen-bond donors (Lipinski definition) is 2. The van der Waals surface area contributed by atoms with E-state index in [1.807, 2.05) is 0 Å². The standard InChI is InChI=1S/C8H9NO4/c1-5-2-3-6(7(10)11)4-9(5)8(12)13/h2,4H,3H2,1H3,(H,10,11)(H,12,13). The second-order valence-electron chi connectivity index (χ2n) is 2.66. The molecule has 0 saturated heterocycles. The van der Waals surface area contributed by atoms with Crippen LogP contribution in [-0.2, 0) is 4.79 Å². The molecule has 1 heterocycles. The summed E-state index contributed by atoms with van der Waals surface area (Å²) >= 11 is 0. The first kappa shape index (κ1) is 9.31. The Bertz CT molecular complexity index is 316. The summed E-state index contributed by atoms with van der Waals surface area (Å²) in [5.41, 5.74) is 0.602. The van der Waals surface area contributed by atoms with Crippen molar-refractivity contribution >= 4 is 12.1 Å². The van der Waals surface area contributed by atoms with Gasteiger partial charge in [0.05, 0.1) is 5.57 Å². The molecule has 1 amide bonds. The van der Waals surface area contributed by atoms with Crippen LogP contribution in [-0.4, -0.2) is 27.2 Å². The van der Waals surface area contributed by atoms with Crippen molar-refractivity contribution in [3.05, 3.63) is 23.5 Å². The minimum absolute atomic E-state index is 0.0769. The van der Waals surface area contributed by atoms with E-state index in [1.54, 1.807) is 13.0 Å². The zero-order chi connectivity index (χ0) is 10.0.